The van der Waals surface area contributed by atoms with E-state index in [2.05, 4.69) is 24.9 Å². The number of likely N-dealkylation sites (N-methyl/N-ethyl adjacent to an activating group) is 2. The highest BCUT2D eigenvalue weighted by atomic mass is 32.2. The Bertz CT molecular complexity index is 1640. The second-order valence-electron chi connectivity index (χ2n) is 10.1. The number of rotatable bonds is 14. The van der Waals surface area contributed by atoms with Crippen LogP contribution in [0.1, 0.15) is 5.56 Å². The van der Waals surface area contributed by atoms with Crippen LogP contribution in [0.2, 0.25) is 0 Å². The summed E-state index contributed by atoms with van der Waals surface area (Å²) in [7, 11) is 4.84. The fourth-order valence-electron chi connectivity index (χ4n) is 4.22. The van der Waals surface area contributed by atoms with Crippen molar-refractivity contribution in [2.45, 2.75) is 11.3 Å². The van der Waals surface area contributed by atoms with Crippen molar-refractivity contribution < 1.29 is 22.7 Å². The molecule has 0 fully saturated rings. The molecule has 0 spiro atoms. The van der Waals surface area contributed by atoms with Crippen LogP contribution in [0.15, 0.2) is 71.6 Å². The molecule has 1 heterocycles. The van der Waals surface area contributed by atoms with E-state index in [1.54, 1.807) is 62.8 Å². The molecule has 42 heavy (non-hydrogen) atoms. The van der Waals surface area contributed by atoms with Crippen LogP contribution in [0.3, 0.4) is 0 Å². The molecule has 3 aromatic carbocycles. The fraction of sp³-hybridized carbons (Fsp3) is 0.300. The van der Waals surface area contributed by atoms with Crippen molar-refractivity contribution in [3.05, 3.63) is 72.3 Å². The van der Waals surface area contributed by atoms with Gasteiger partial charge in [0.05, 0.1) is 36.7 Å². The molecule has 0 atom stereocenters. The van der Waals surface area contributed by atoms with Gasteiger partial charge in [-0.15, -0.1) is 0 Å². The summed E-state index contributed by atoms with van der Waals surface area (Å²) in [5.74, 6) is 1.30. The standard InChI is InChI=1S/C30H36N6O5S/c1-35(2)13-14-36(3)20-23(37)15-21-9-8-10-26(16-21)42(38,39)34-30-29(32-27-11-6-7-12-28(27)33-30)31-22-17-24(40-4)19-25(18-22)41-5/h6-12,16-19H,13-15,20H2,1-5H3,(H,31,32)(H,33,34). The molecule has 0 aliphatic rings. The van der Waals surface area contributed by atoms with Crippen LogP contribution in [-0.4, -0.2) is 89.0 Å². The number of hydrogen-bond donors (Lipinski definition) is 2. The summed E-state index contributed by atoms with van der Waals surface area (Å²) in [6, 6.07) is 18.7. The second kappa shape index (κ2) is 13.6. The molecule has 0 amide bonds. The van der Waals surface area contributed by atoms with Crippen molar-refractivity contribution in [1.82, 2.24) is 19.8 Å². The number of nitrogens with zero attached hydrogens (tertiary/aromatic N) is 4. The molecule has 0 aliphatic carbocycles. The Hall–Kier alpha value is -4.26. The van der Waals surface area contributed by atoms with Gasteiger partial charge in [0.25, 0.3) is 10.0 Å². The first-order valence-electron chi connectivity index (χ1n) is 13.3. The van der Waals surface area contributed by atoms with Gasteiger partial charge < -0.3 is 19.7 Å². The summed E-state index contributed by atoms with van der Waals surface area (Å²) >= 11 is 0. The highest BCUT2D eigenvalue weighted by molar-refractivity contribution is 7.92. The van der Waals surface area contributed by atoms with Gasteiger partial charge >= 0.3 is 0 Å². The van der Waals surface area contributed by atoms with Gasteiger partial charge in [0.2, 0.25) is 0 Å². The Morgan fingerprint density at radius 2 is 1.48 bits per heavy atom. The van der Waals surface area contributed by atoms with Gasteiger partial charge in [-0.25, -0.2) is 18.4 Å². The number of benzene rings is 3. The molecule has 0 saturated heterocycles. The maximum absolute atomic E-state index is 13.6. The first kappa shape index (κ1) is 30.7. The summed E-state index contributed by atoms with van der Waals surface area (Å²) in [4.78, 5) is 25.9. The topological polar surface area (TPSA) is 126 Å². The first-order chi connectivity index (χ1) is 20.1. The average molecular weight is 593 g/mol. The predicted molar refractivity (Wildman–Crippen MR) is 164 cm³/mol. The van der Waals surface area contributed by atoms with Crippen molar-refractivity contribution in [3.8, 4) is 11.5 Å². The van der Waals surface area contributed by atoms with Crippen molar-refractivity contribution >= 4 is 44.2 Å². The van der Waals surface area contributed by atoms with Crippen molar-refractivity contribution in [2.75, 3.05) is 65.0 Å². The number of fused-ring (bicyclic) bond motifs is 1. The molecule has 11 nitrogen and oxygen atoms in total. The third kappa shape index (κ3) is 8.15. The number of nitrogens with one attached hydrogen (secondary N) is 2. The number of para-hydroxylation sites is 2. The van der Waals surface area contributed by atoms with Gasteiger partial charge in [-0.1, -0.05) is 24.3 Å². The third-order valence-corrected chi connectivity index (χ3v) is 7.74. The molecule has 0 aliphatic heterocycles. The van der Waals surface area contributed by atoms with Gasteiger partial charge in [-0.3, -0.25) is 14.4 Å². The molecular weight excluding hydrogens is 556 g/mol. The Kier molecular flexibility index (Phi) is 9.94. The lowest BCUT2D eigenvalue weighted by atomic mass is 10.1. The normalized spacial score (nSPS) is 11.6. The molecule has 222 valence electrons. The zero-order valence-corrected chi connectivity index (χ0v) is 25.2. The molecule has 0 bridgehead atoms. The maximum Gasteiger partial charge on any atom is 0.263 e. The van der Waals surface area contributed by atoms with Crippen molar-refractivity contribution in [2.24, 2.45) is 0 Å². The van der Waals surface area contributed by atoms with E-state index >= 15 is 0 Å². The van der Waals surface area contributed by atoms with E-state index in [9.17, 15) is 13.2 Å². The van der Waals surface area contributed by atoms with Crippen LogP contribution in [0, 0.1) is 0 Å². The smallest absolute Gasteiger partial charge is 0.263 e. The average Bonchev–Trinajstić information content (AvgIpc) is 2.96. The number of anilines is 3. The van der Waals surface area contributed by atoms with Crippen LogP contribution in [0.5, 0.6) is 11.5 Å². The van der Waals surface area contributed by atoms with Crippen molar-refractivity contribution in [1.29, 1.82) is 0 Å². The largest absolute Gasteiger partial charge is 0.497 e. The monoisotopic (exact) mass is 592 g/mol. The minimum absolute atomic E-state index is 0.000590. The lowest BCUT2D eigenvalue weighted by molar-refractivity contribution is -0.119. The minimum Gasteiger partial charge on any atom is -0.497 e. The highest BCUT2D eigenvalue weighted by Crippen LogP contribution is 2.31. The van der Waals surface area contributed by atoms with Crippen LogP contribution in [0.25, 0.3) is 11.0 Å². The number of hydrogen-bond acceptors (Lipinski definition) is 10. The van der Waals surface area contributed by atoms with Gasteiger partial charge in [-0.05, 0) is 51.0 Å². The second-order valence-corrected chi connectivity index (χ2v) is 11.8. The Morgan fingerprint density at radius 3 is 2.10 bits per heavy atom. The summed E-state index contributed by atoms with van der Waals surface area (Å²) in [5, 5.41) is 3.15. The fourth-order valence-corrected chi connectivity index (χ4v) is 5.30. The summed E-state index contributed by atoms with van der Waals surface area (Å²) in [6.45, 7) is 1.87. The predicted octanol–water partition coefficient (Wildman–Crippen LogP) is 3.80. The van der Waals surface area contributed by atoms with Gasteiger partial charge in [0.1, 0.15) is 11.5 Å². The number of ether oxygens (including phenoxy) is 2. The number of Topliss-reactive ketones (excluding diaryl/α,β-unsaturated/α-hetero) is 1. The quantitative estimate of drug-likeness (QED) is 0.223. The summed E-state index contributed by atoms with van der Waals surface area (Å²) in [6.07, 6.45) is 0.121. The zero-order valence-electron chi connectivity index (χ0n) is 24.4. The lowest BCUT2D eigenvalue weighted by Gasteiger charge is -2.18. The molecule has 0 unspecified atom stereocenters. The molecule has 1 aromatic heterocycles. The number of carbonyl (C=O) groups is 1. The molecule has 4 rings (SSSR count). The van der Waals surface area contributed by atoms with Gasteiger partial charge in [0, 0.05) is 43.4 Å². The molecule has 2 N–H and O–H groups in total. The molecule has 12 heteroatoms. The van der Waals surface area contributed by atoms with E-state index in [1.165, 1.54) is 12.1 Å². The highest BCUT2D eigenvalue weighted by Gasteiger charge is 2.20. The minimum atomic E-state index is -4.09. The Balaban J connectivity index is 1.59. The van der Waals surface area contributed by atoms with Crippen LogP contribution in [0.4, 0.5) is 17.3 Å². The Morgan fingerprint density at radius 1 is 0.833 bits per heavy atom. The van der Waals surface area contributed by atoms with Crippen LogP contribution < -0.4 is 19.5 Å². The zero-order chi connectivity index (χ0) is 30.3. The molecular formula is C30H36N6O5S. The number of aromatic nitrogens is 2. The number of methoxy groups -OCH3 is 2. The summed E-state index contributed by atoms with van der Waals surface area (Å²) in [5.41, 5.74) is 2.26. The van der Waals surface area contributed by atoms with E-state index in [0.29, 0.717) is 33.8 Å². The Labute approximate surface area is 246 Å². The van der Waals surface area contributed by atoms with Gasteiger partial charge in [0.15, 0.2) is 17.4 Å². The van der Waals surface area contributed by atoms with E-state index in [0.717, 1.165) is 13.1 Å². The van der Waals surface area contributed by atoms with Gasteiger partial charge in [-0.2, -0.15) is 0 Å². The lowest BCUT2D eigenvalue weighted by Crippen LogP contribution is -2.33. The number of carbonyl (C=O) groups excluding carboxylic acids is 1. The van der Waals surface area contributed by atoms with E-state index < -0.39 is 10.0 Å². The first-order valence-corrected chi connectivity index (χ1v) is 14.8. The molecule has 4 aromatic rings. The number of ketones is 1. The molecule has 0 radical (unpaired) electrons. The number of sulfonamides is 1. The van der Waals surface area contributed by atoms with Crippen LogP contribution >= 0.6 is 0 Å². The third-order valence-electron chi connectivity index (χ3n) is 6.40. The van der Waals surface area contributed by atoms with E-state index in [4.69, 9.17) is 9.47 Å². The van der Waals surface area contributed by atoms with E-state index in [-0.39, 0.29) is 35.3 Å². The van der Waals surface area contributed by atoms with Crippen molar-refractivity contribution in [3.63, 3.8) is 0 Å². The SMILES string of the molecule is COc1cc(Nc2nc3ccccc3nc2NS(=O)(=O)c2cccc(CC(=O)CN(C)CCN(C)C)c2)cc(OC)c1. The summed E-state index contributed by atoms with van der Waals surface area (Å²) < 4.78 is 40.4. The molecule has 0 saturated carbocycles. The maximum atomic E-state index is 13.6. The van der Waals surface area contributed by atoms with Crippen LogP contribution in [-0.2, 0) is 21.2 Å². The van der Waals surface area contributed by atoms with E-state index in [1.807, 2.05) is 32.1 Å².